The van der Waals surface area contributed by atoms with Crippen molar-refractivity contribution in [2.45, 2.75) is 44.6 Å². The lowest BCUT2D eigenvalue weighted by molar-refractivity contribution is -0.129. The van der Waals surface area contributed by atoms with Crippen LogP contribution in [0.5, 0.6) is 0 Å². The van der Waals surface area contributed by atoms with Gasteiger partial charge in [0.1, 0.15) is 0 Å². The van der Waals surface area contributed by atoms with E-state index in [2.05, 4.69) is 70.9 Å². The van der Waals surface area contributed by atoms with Crippen LogP contribution in [-0.2, 0) is 4.79 Å². The van der Waals surface area contributed by atoms with E-state index in [9.17, 15) is 9.59 Å². The molecule has 2 aliphatic rings. The van der Waals surface area contributed by atoms with Crippen LogP contribution in [0.2, 0.25) is 0 Å². The summed E-state index contributed by atoms with van der Waals surface area (Å²) >= 11 is 0. The van der Waals surface area contributed by atoms with Crippen LogP contribution in [0.4, 0.5) is 4.79 Å². The van der Waals surface area contributed by atoms with Crippen LogP contribution < -0.4 is 10.8 Å². The second-order valence-corrected chi connectivity index (χ2v) is 9.69. The van der Waals surface area contributed by atoms with E-state index < -0.39 is 0 Å². The second kappa shape index (κ2) is 11.5. The number of benzene rings is 2. The minimum atomic E-state index is -0.361. The third-order valence-electron chi connectivity index (χ3n) is 7.28. The monoisotopic (exact) mass is 464 g/mol. The van der Waals surface area contributed by atoms with Gasteiger partial charge in [-0.05, 0) is 49.9 Å². The van der Waals surface area contributed by atoms with Gasteiger partial charge in [0.05, 0.1) is 6.04 Å². The van der Waals surface area contributed by atoms with Crippen molar-refractivity contribution >= 4 is 11.9 Å². The van der Waals surface area contributed by atoms with Gasteiger partial charge in [-0.2, -0.15) is 0 Å². The molecule has 0 bridgehead atoms. The number of nitrogens with one attached hydrogen (secondary N) is 2. The van der Waals surface area contributed by atoms with Crippen molar-refractivity contribution in [3.05, 3.63) is 71.8 Å². The summed E-state index contributed by atoms with van der Waals surface area (Å²) in [6.07, 6.45) is 4.92. The number of hydrogen-bond donors (Lipinski definition) is 3. The highest BCUT2D eigenvalue weighted by Crippen LogP contribution is 2.43. The summed E-state index contributed by atoms with van der Waals surface area (Å²) in [4.78, 5) is 28.0. The zero-order chi connectivity index (χ0) is 23.8. The number of nitrogens with zero attached hydrogens (tertiary/aromatic N) is 2. The lowest BCUT2D eigenvalue weighted by atomic mass is 9.71. The Kier molecular flexibility index (Phi) is 8.19. The first-order valence-corrected chi connectivity index (χ1v) is 12.4. The molecule has 2 saturated heterocycles. The molecule has 34 heavy (non-hydrogen) atoms. The second-order valence-electron chi connectivity index (χ2n) is 9.69. The molecule has 0 saturated carbocycles. The number of piperidine rings is 1. The number of urea groups is 1. The van der Waals surface area contributed by atoms with Gasteiger partial charge in [0.2, 0.25) is 5.91 Å². The molecule has 2 aliphatic heterocycles. The molecule has 4 rings (SSSR count). The Morgan fingerprint density at radius 2 is 1.47 bits per heavy atom. The van der Waals surface area contributed by atoms with Gasteiger partial charge in [-0.3, -0.25) is 14.9 Å². The molecular formula is C27H36N4O3. The van der Waals surface area contributed by atoms with Gasteiger partial charge in [-0.25, -0.2) is 10.3 Å². The van der Waals surface area contributed by atoms with Gasteiger partial charge in [-0.15, -0.1) is 0 Å². The number of carbonyl (C=O) groups is 2. The van der Waals surface area contributed by atoms with E-state index in [0.717, 1.165) is 51.9 Å². The molecule has 0 aliphatic carbocycles. The van der Waals surface area contributed by atoms with E-state index >= 15 is 0 Å². The fourth-order valence-corrected chi connectivity index (χ4v) is 5.31. The first kappa shape index (κ1) is 24.2. The maximum atomic E-state index is 12.5. The van der Waals surface area contributed by atoms with E-state index in [0.29, 0.717) is 19.4 Å². The first-order chi connectivity index (χ1) is 16.6. The first-order valence-electron chi connectivity index (χ1n) is 12.4. The quantitative estimate of drug-likeness (QED) is 0.298. The van der Waals surface area contributed by atoms with Gasteiger partial charge in [0, 0.05) is 31.5 Å². The Morgan fingerprint density at radius 3 is 2.03 bits per heavy atom. The highest BCUT2D eigenvalue weighted by Gasteiger charge is 2.47. The van der Waals surface area contributed by atoms with Crippen LogP contribution in [-0.4, -0.2) is 59.7 Å². The topological polar surface area (TPSA) is 84.9 Å². The van der Waals surface area contributed by atoms with Crippen LogP contribution in [0.3, 0.4) is 0 Å². The summed E-state index contributed by atoms with van der Waals surface area (Å²) in [5.74, 6) is -0.361. The fourth-order valence-electron chi connectivity index (χ4n) is 5.31. The van der Waals surface area contributed by atoms with Gasteiger partial charge in [0.25, 0.3) is 0 Å². The van der Waals surface area contributed by atoms with E-state index in [4.69, 9.17) is 5.21 Å². The zero-order valence-corrected chi connectivity index (χ0v) is 19.8. The highest BCUT2D eigenvalue weighted by molar-refractivity contribution is 5.75. The molecule has 182 valence electrons. The SMILES string of the molecule is O=C(CCCCCNC(=O)N1CC2(CCN(C(c3ccccc3)c3ccccc3)CC2)C1)NO. The van der Waals surface area contributed by atoms with Crippen molar-refractivity contribution < 1.29 is 14.8 Å². The molecule has 3 amide bonds. The van der Waals surface area contributed by atoms with Gasteiger partial charge in [-0.1, -0.05) is 67.1 Å². The molecule has 3 N–H and O–H groups in total. The van der Waals surface area contributed by atoms with Crippen molar-refractivity contribution in [1.29, 1.82) is 0 Å². The van der Waals surface area contributed by atoms with E-state index in [1.165, 1.54) is 11.1 Å². The molecule has 1 spiro atoms. The van der Waals surface area contributed by atoms with Crippen molar-refractivity contribution in [1.82, 2.24) is 20.6 Å². The highest BCUT2D eigenvalue weighted by atomic mass is 16.5. The summed E-state index contributed by atoms with van der Waals surface area (Å²) in [5.41, 5.74) is 4.55. The molecule has 2 heterocycles. The molecule has 0 unspecified atom stereocenters. The predicted octanol–water partition coefficient (Wildman–Crippen LogP) is 3.95. The summed E-state index contributed by atoms with van der Waals surface area (Å²) in [5, 5.41) is 11.5. The molecule has 0 aromatic heterocycles. The van der Waals surface area contributed by atoms with E-state index in [-0.39, 0.29) is 23.4 Å². The molecule has 0 atom stereocenters. The lowest BCUT2D eigenvalue weighted by Gasteiger charge is -2.54. The number of likely N-dealkylation sites (tertiary alicyclic amines) is 2. The smallest absolute Gasteiger partial charge is 0.317 e. The minimum absolute atomic E-state index is 0.0209. The van der Waals surface area contributed by atoms with Gasteiger partial charge < -0.3 is 10.2 Å². The Bertz CT molecular complexity index is 882. The van der Waals surface area contributed by atoms with Crippen LogP contribution in [0, 0.1) is 5.41 Å². The van der Waals surface area contributed by atoms with Crippen LogP contribution >= 0.6 is 0 Å². The third kappa shape index (κ3) is 5.96. The molecule has 2 fully saturated rings. The molecule has 2 aromatic carbocycles. The number of hydrogen-bond acceptors (Lipinski definition) is 4. The summed E-state index contributed by atoms with van der Waals surface area (Å²) < 4.78 is 0. The number of unbranched alkanes of at least 4 members (excludes halogenated alkanes) is 2. The van der Waals surface area contributed by atoms with Crippen LogP contribution in [0.1, 0.15) is 55.7 Å². The van der Waals surface area contributed by atoms with Crippen LogP contribution in [0.15, 0.2) is 60.7 Å². The van der Waals surface area contributed by atoms with Crippen molar-refractivity contribution in [3.8, 4) is 0 Å². The standard InChI is InChI=1S/C27H36N4O3/c32-24(29-34)14-8-3-9-17-28-26(33)31-20-27(21-31)15-18-30(19-16-27)25(22-10-4-1-5-11-22)23-12-6-2-7-13-23/h1-2,4-7,10-13,25,34H,3,8-9,14-21H2,(H,28,33)(H,29,32). The average molecular weight is 465 g/mol. The number of carbonyl (C=O) groups excluding carboxylic acids is 2. The van der Waals surface area contributed by atoms with E-state index in [1.807, 2.05) is 4.90 Å². The largest absolute Gasteiger partial charge is 0.338 e. The zero-order valence-electron chi connectivity index (χ0n) is 19.8. The molecule has 7 nitrogen and oxygen atoms in total. The normalized spacial score (nSPS) is 17.4. The summed E-state index contributed by atoms with van der Waals surface area (Å²) in [6.45, 7) is 4.36. The van der Waals surface area contributed by atoms with Crippen molar-refractivity contribution in [2.75, 3.05) is 32.7 Å². The maximum Gasteiger partial charge on any atom is 0.317 e. The van der Waals surface area contributed by atoms with Crippen molar-refractivity contribution in [2.24, 2.45) is 5.41 Å². The Hall–Kier alpha value is -2.90. The van der Waals surface area contributed by atoms with Gasteiger partial charge in [0.15, 0.2) is 0 Å². The summed E-state index contributed by atoms with van der Waals surface area (Å²) in [7, 11) is 0. The number of rotatable bonds is 9. The number of amides is 3. The lowest BCUT2D eigenvalue weighted by Crippen LogP contribution is -2.63. The van der Waals surface area contributed by atoms with Crippen molar-refractivity contribution in [3.63, 3.8) is 0 Å². The maximum absolute atomic E-state index is 12.5. The Balaban J connectivity index is 1.22. The number of hydroxylamine groups is 1. The average Bonchev–Trinajstić information content (AvgIpc) is 2.86. The van der Waals surface area contributed by atoms with E-state index in [1.54, 1.807) is 5.48 Å². The Morgan fingerprint density at radius 1 is 0.882 bits per heavy atom. The third-order valence-corrected chi connectivity index (χ3v) is 7.28. The summed E-state index contributed by atoms with van der Waals surface area (Å²) in [6, 6.07) is 21.8. The molecule has 7 heteroatoms. The molecular weight excluding hydrogens is 428 g/mol. The van der Waals surface area contributed by atoms with Gasteiger partial charge >= 0.3 is 6.03 Å². The Labute approximate surface area is 202 Å². The minimum Gasteiger partial charge on any atom is -0.338 e. The molecule has 2 aromatic rings. The van der Waals surface area contributed by atoms with Crippen LogP contribution in [0.25, 0.3) is 0 Å². The fraction of sp³-hybridized carbons (Fsp3) is 0.481. The molecule has 0 radical (unpaired) electrons. The predicted molar refractivity (Wildman–Crippen MR) is 131 cm³/mol.